The molecule has 1 nitrogen and oxygen atoms in total. The molecule has 1 saturated carbocycles. The highest BCUT2D eigenvalue weighted by molar-refractivity contribution is 4.80. The first kappa shape index (κ1) is 15.0. The molecule has 1 heteroatoms. The van der Waals surface area contributed by atoms with Crippen LogP contribution in [0.1, 0.15) is 84.5 Å². The highest BCUT2D eigenvalue weighted by Gasteiger charge is 2.24. The van der Waals surface area contributed by atoms with Crippen LogP contribution in [-0.2, 0) is 0 Å². The summed E-state index contributed by atoms with van der Waals surface area (Å²) >= 11 is 0. The van der Waals surface area contributed by atoms with E-state index in [-0.39, 0.29) is 0 Å². The molecule has 1 rings (SSSR count). The van der Waals surface area contributed by atoms with Crippen LogP contribution in [0, 0.1) is 5.92 Å². The lowest BCUT2D eigenvalue weighted by molar-refractivity contribution is 0.413. The predicted molar refractivity (Wildman–Crippen MR) is 77.4 cm³/mol. The number of hydrogen-bond acceptors (Lipinski definition) is 1. The molecule has 0 aromatic carbocycles. The van der Waals surface area contributed by atoms with Crippen molar-refractivity contribution in [3.63, 3.8) is 0 Å². The maximum atomic E-state index is 3.74. The van der Waals surface area contributed by atoms with Crippen LogP contribution < -0.4 is 5.32 Å². The van der Waals surface area contributed by atoms with Crippen LogP contribution in [0.5, 0.6) is 0 Å². The van der Waals surface area contributed by atoms with Gasteiger partial charge in [0.25, 0.3) is 0 Å². The van der Waals surface area contributed by atoms with Crippen LogP contribution in [-0.4, -0.2) is 12.6 Å². The minimum Gasteiger partial charge on any atom is -0.314 e. The molecule has 0 aliphatic heterocycles. The fraction of sp³-hybridized carbons (Fsp3) is 1.00. The number of nitrogens with one attached hydrogen (secondary N) is 1. The van der Waals surface area contributed by atoms with E-state index < -0.39 is 0 Å². The highest BCUT2D eigenvalue weighted by Crippen LogP contribution is 2.34. The van der Waals surface area contributed by atoms with Crippen LogP contribution in [0.2, 0.25) is 0 Å². The third kappa shape index (κ3) is 8.65. The summed E-state index contributed by atoms with van der Waals surface area (Å²) in [5, 5.41) is 3.74. The van der Waals surface area contributed by atoms with E-state index in [0.717, 1.165) is 12.0 Å². The molecule has 1 aliphatic rings. The lowest BCUT2D eigenvalue weighted by Gasteiger charge is -2.18. The summed E-state index contributed by atoms with van der Waals surface area (Å²) in [6.45, 7) is 5.78. The molecule has 0 aromatic rings. The minimum absolute atomic E-state index is 0.827. The summed E-state index contributed by atoms with van der Waals surface area (Å²) in [7, 11) is 0. The molecule has 0 bridgehead atoms. The van der Waals surface area contributed by atoms with Gasteiger partial charge in [0.15, 0.2) is 0 Å². The van der Waals surface area contributed by atoms with E-state index >= 15 is 0 Å². The summed E-state index contributed by atoms with van der Waals surface area (Å²) in [6.07, 6.45) is 15.7. The zero-order valence-corrected chi connectivity index (χ0v) is 12.1. The van der Waals surface area contributed by atoms with E-state index in [1.54, 1.807) is 0 Å². The summed E-state index contributed by atoms with van der Waals surface area (Å²) in [6, 6.07) is 0.827. The zero-order chi connectivity index (χ0) is 12.3. The first-order valence-corrected chi connectivity index (χ1v) is 8.10. The Balaban J connectivity index is 1.97. The molecule has 0 radical (unpaired) electrons. The van der Waals surface area contributed by atoms with Gasteiger partial charge in [0.2, 0.25) is 0 Å². The summed E-state index contributed by atoms with van der Waals surface area (Å²) < 4.78 is 0. The molecule has 102 valence electrons. The van der Waals surface area contributed by atoms with E-state index in [0.29, 0.717) is 0 Å². The van der Waals surface area contributed by atoms with E-state index in [2.05, 4.69) is 19.2 Å². The van der Waals surface area contributed by atoms with Crippen molar-refractivity contribution < 1.29 is 0 Å². The monoisotopic (exact) mass is 239 g/mol. The smallest absolute Gasteiger partial charge is 0.00696 e. The Labute approximate surface area is 109 Å². The van der Waals surface area contributed by atoms with Gasteiger partial charge in [-0.05, 0) is 31.7 Å². The minimum atomic E-state index is 0.827. The molecular formula is C16H33N. The van der Waals surface area contributed by atoms with Crippen molar-refractivity contribution in [3.05, 3.63) is 0 Å². The Hall–Kier alpha value is -0.0400. The first-order valence-electron chi connectivity index (χ1n) is 8.10. The van der Waals surface area contributed by atoms with Crippen LogP contribution in [0.15, 0.2) is 0 Å². The topological polar surface area (TPSA) is 12.0 Å². The summed E-state index contributed by atoms with van der Waals surface area (Å²) in [4.78, 5) is 0. The average Bonchev–Trinajstić information content (AvgIpc) is 3.14. The van der Waals surface area contributed by atoms with Gasteiger partial charge in [-0.3, -0.25) is 0 Å². The van der Waals surface area contributed by atoms with Crippen molar-refractivity contribution in [2.24, 2.45) is 5.92 Å². The van der Waals surface area contributed by atoms with E-state index in [4.69, 9.17) is 0 Å². The molecule has 0 spiro atoms. The predicted octanol–water partition coefficient (Wildman–Crippen LogP) is 4.91. The zero-order valence-electron chi connectivity index (χ0n) is 12.1. The Morgan fingerprint density at radius 1 is 0.941 bits per heavy atom. The number of rotatable bonds is 12. The van der Waals surface area contributed by atoms with Gasteiger partial charge in [0.1, 0.15) is 0 Å². The number of unbranched alkanes of at least 4 members (excludes halogenated alkanes) is 5. The van der Waals surface area contributed by atoms with Gasteiger partial charge in [0.05, 0.1) is 0 Å². The molecule has 1 fully saturated rings. The molecule has 17 heavy (non-hydrogen) atoms. The second kappa shape index (κ2) is 9.94. The van der Waals surface area contributed by atoms with Crippen molar-refractivity contribution in [2.45, 2.75) is 90.5 Å². The maximum absolute atomic E-state index is 3.74. The van der Waals surface area contributed by atoms with Crippen molar-refractivity contribution in [1.29, 1.82) is 0 Å². The Morgan fingerprint density at radius 3 is 2.29 bits per heavy atom. The largest absolute Gasteiger partial charge is 0.314 e. The average molecular weight is 239 g/mol. The second-order valence-corrected chi connectivity index (χ2v) is 5.89. The molecule has 1 N–H and O–H groups in total. The standard InChI is InChI=1S/C16H33N/c1-3-5-6-7-8-9-10-16(17-13-4-2)14-15-11-12-15/h15-17H,3-14H2,1-2H3. The molecular weight excluding hydrogens is 206 g/mol. The van der Waals surface area contributed by atoms with E-state index in [1.807, 2.05) is 0 Å². The van der Waals surface area contributed by atoms with Crippen molar-refractivity contribution in [2.75, 3.05) is 6.54 Å². The molecule has 1 atom stereocenters. The van der Waals surface area contributed by atoms with Crippen molar-refractivity contribution in [1.82, 2.24) is 5.32 Å². The molecule has 0 saturated heterocycles. The quantitative estimate of drug-likeness (QED) is 0.477. The Morgan fingerprint density at radius 2 is 1.65 bits per heavy atom. The van der Waals surface area contributed by atoms with Gasteiger partial charge in [-0.2, -0.15) is 0 Å². The molecule has 0 aromatic heterocycles. The third-order valence-electron chi connectivity index (χ3n) is 3.90. The Bertz CT molecular complexity index is 163. The van der Waals surface area contributed by atoms with Gasteiger partial charge in [0, 0.05) is 6.04 Å². The normalized spacial score (nSPS) is 17.3. The Kier molecular flexibility index (Phi) is 8.78. The molecule has 1 unspecified atom stereocenters. The maximum Gasteiger partial charge on any atom is 0.00696 e. The van der Waals surface area contributed by atoms with Crippen molar-refractivity contribution >= 4 is 0 Å². The van der Waals surface area contributed by atoms with Crippen LogP contribution >= 0.6 is 0 Å². The van der Waals surface area contributed by atoms with Gasteiger partial charge < -0.3 is 5.32 Å². The lowest BCUT2D eigenvalue weighted by Crippen LogP contribution is -2.30. The molecule has 0 amide bonds. The molecule has 1 aliphatic carbocycles. The summed E-state index contributed by atoms with van der Waals surface area (Å²) in [5.41, 5.74) is 0. The van der Waals surface area contributed by atoms with Crippen LogP contribution in [0.25, 0.3) is 0 Å². The van der Waals surface area contributed by atoms with Gasteiger partial charge in [-0.25, -0.2) is 0 Å². The van der Waals surface area contributed by atoms with Gasteiger partial charge in [-0.1, -0.05) is 65.2 Å². The lowest BCUT2D eigenvalue weighted by atomic mass is 10.0. The first-order chi connectivity index (χ1) is 8.36. The second-order valence-electron chi connectivity index (χ2n) is 5.89. The highest BCUT2D eigenvalue weighted by atomic mass is 14.9. The molecule has 0 heterocycles. The SMILES string of the molecule is CCCCCCCCC(CC1CC1)NCCC. The summed E-state index contributed by atoms with van der Waals surface area (Å²) in [5.74, 6) is 1.07. The van der Waals surface area contributed by atoms with Gasteiger partial charge >= 0.3 is 0 Å². The van der Waals surface area contributed by atoms with Crippen LogP contribution in [0.4, 0.5) is 0 Å². The van der Waals surface area contributed by atoms with Gasteiger partial charge in [-0.15, -0.1) is 0 Å². The fourth-order valence-electron chi connectivity index (χ4n) is 2.58. The van der Waals surface area contributed by atoms with Crippen LogP contribution in [0.3, 0.4) is 0 Å². The van der Waals surface area contributed by atoms with E-state index in [1.165, 1.54) is 77.2 Å². The van der Waals surface area contributed by atoms with E-state index in [9.17, 15) is 0 Å². The van der Waals surface area contributed by atoms with Crippen molar-refractivity contribution in [3.8, 4) is 0 Å². The number of hydrogen-bond donors (Lipinski definition) is 1. The third-order valence-corrected chi connectivity index (χ3v) is 3.90. The fourth-order valence-corrected chi connectivity index (χ4v) is 2.58.